The summed E-state index contributed by atoms with van der Waals surface area (Å²) in [6.45, 7) is 1.65. The first-order valence-corrected chi connectivity index (χ1v) is 8.96. The van der Waals surface area contributed by atoms with Crippen molar-refractivity contribution in [1.29, 1.82) is 0 Å². The SMILES string of the molecule is O=C1COc2ccc(CC(=O)N3CCNC[C@H]3C(=O)NC3CC3)cc2N1. The highest BCUT2D eigenvalue weighted by Crippen LogP contribution is 2.29. The van der Waals surface area contributed by atoms with Crippen LogP contribution in [0.4, 0.5) is 5.69 Å². The number of hydrogen-bond donors (Lipinski definition) is 3. The third-order valence-corrected chi connectivity index (χ3v) is 4.82. The maximum absolute atomic E-state index is 12.8. The molecule has 1 aromatic rings. The molecule has 1 aliphatic carbocycles. The third-order valence-electron chi connectivity index (χ3n) is 4.82. The van der Waals surface area contributed by atoms with E-state index in [-0.39, 0.29) is 36.8 Å². The van der Waals surface area contributed by atoms with Gasteiger partial charge in [-0.15, -0.1) is 0 Å². The van der Waals surface area contributed by atoms with Gasteiger partial charge >= 0.3 is 0 Å². The summed E-state index contributed by atoms with van der Waals surface area (Å²) >= 11 is 0. The van der Waals surface area contributed by atoms with Gasteiger partial charge < -0.3 is 25.6 Å². The maximum Gasteiger partial charge on any atom is 0.262 e. The van der Waals surface area contributed by atoms with E-state index in [9.17, 15) is 14.4 Å². The second-order valence-corrected chi connectivity index (χ2v) is 6.93. The van der Waals surface area contributed by atoms with Crippen molar-refractivity contribution < 1.29 is 19.1 Å². The van der Waals surface area contributed by atoms with Crippen LogP contribution < -0.4 is 20.7 Å². The highest BCUT2D eigenvalue weighted by molar-refractivity contribution is 5.95. The smallest absolute Gasteiger partial charge is 0.262 e. The fraction of sp³-hybridized carbons (Fsp3) is 0.500. The van der Waals surface area contributed by atoms with E-state index in [1.165, 1.54) is 0 Å². The summed E-state index contributed by atoms with van der Waals surface area (Å²) in [5.41, 5.74) is 1.36. The van der Waals surface area contributed by atoms with Crippen LogP contribution in [0.1, 0.15) is 18.4 Å². The molecule has 0 bridgehead atoms. The lowest BCUT2D eigenvalue weighted by molar-refractivity contribution is -0.141. The first-order valence-electron chi connectivity index (χ1n) is 8.96. The van der Waals surface area contributed by atoms with Gasteiger partial charge in [0, 0.05) is 25.7 Å². The number of carbonyl (C=O) groups excluding carboxylic acids is 3. The van der Waals surface area contributed by atoms with Gasteiger partial charge in [0.05, 0.1) is 12.1 Å². The lowest BCUT2D eigenvalue weighted by Crippen LogP contribution is -2.60. The normalized spacial score (nSPS) is 22.1. The Hall–Kier alpha value is -2.61. The summed E-state index contributed by atoms with van der Waals surface area (Å²) in [5, 5.41) is 8.91. The van der Waals surface area contributed by atoms with Crippen molar-refractivity contribution in [3.63, 3.8) is 0 Å². The number of fused-ring (bicyclic) bond motifs is 1. The van der Waals surface area contributed by atoms with E-state index in [0.29, 0.717) is 31.1 Å². The third kappa shape index (κ3) is 3.65. The van der Waals surface area contributed by atoms with E-state index in [0.717, 1.165) is 18.4 Å². The zero-order valence-electron chi connectivity index (χ0n) is 14.4. The predicted molar refractivity (Wildman–Crippen MR) is 93.8 cm³/mol. The molecular formula is C18H22N4O4. The molecule has 1 saturated heterocycles. The van der Waals surface area contributed by atoms with Crippen molar-refractivity contribution in [2.45, 2.75) is 31.3 Å². The van der Waals surface area contributed by atoms with E-state index in [1.807, 2.05) is 6.07 Å². The zero-order valence-corrected chi connectivity index (χ0v) is 14.4. The Balaban J connectivity index is 1.45. The first-order chi connectivity index (χ1) is 12.6. The van der Waals surface area contributed by atoms with Crippen LogP contribution in [-0.2, 0) is 20.8 Å². The highest BCUT2D eigenvalue weighted by Gasteiger charge is 2.34. The number of carbonyl (C=O) groups is 3. The molecule has 138 valence electrons. The van der Waals surface area contributed by atoms with E-state index < -0.39 is 6.04 Å². The zero-order chi connectivity index (χ0) is 18.1. The fourth-order valence-corrected chi connectivity index (χ4v) is 3.28. The molecule has 0 spiro atoms. The van der Waals surface area contributed by atoms with Gasteiger partial charge in [0.2, 0.25) is 11.8 Å². The van der Waals surface area contributed by atoms with Gasteiger partial charge in [0.15, 0.2) is 6.61 Å². The second-order valence-electron chi connectivity index (χ2n) is 6.93. The van der Waals surface area contributed by atoms with Gasteiger partial charge in [-0.25, -0.2) is 0 Å². The number of nitrogens with zero attached hydrogens (tertiary/aromatic N) is 1. The van der Waals surface area contributed by atoms with Gasteiger partial charge in [-0.3, -0.25) is 14.4 Å². The van der Waals surface area contributed by atoms with Crippen LogP contribution in [0.25, 0.3) is 0 Å². The molecule has 1 aromatic carbocycles. The first kappa shape index (κ1) is 16.8. The molecule has 0 aromatic heterocycles. The summed E-state index contributed by atoms with van der Waals surface area (Å²) in [4.78, 5) is 38.4. The quantitative estimate of drug-likeness (QED) is 0.683. The minimum absolute atomic E-state index is 0.00381. The fourth-order valence-electron chi connectivity index (χ4n) is 3.28. The summed E-state index contributed by atoms with van der Waals surface area (Å²) in [6.07, 6.45) is 2.21. The molecule has 26 heavy (non-hydrogen) atoms. The number of amides is 3. The van der Waals surface area contributed by atoms with Crippen LogP contribution in [0.5, 0.6) is 5.75 Å². The van der Waals surface area contributed by atoms with Crippen molar-refractivity contribution in [2.24, 2.45) is 0 Å². The lowest BCUT2D eigenvalue weighted by atomic mass is 10.1. The number of benzene rings is 1. The summed E-state index contributed by atoms with van der Waals surface area (Å²) in [7, 11) is 0. The highest BCUT2D eigenvalue weighted by atomic mass is 16.5. The van der Waals surface area contributed by atoms with Crippen molar-refractivity contribution >= 4 is 23.4 Å². The minimum Gasteiger partial charge on any atom is -0.482 e. The summed E-state index contributed by atoms with van der Waals surface area (Å²) in [6, 6.07) is 5.12. The second kappa shape index (κ2) is 6.95. The number of piperazine rings is 1. The molecule has 1 atom stereocenters. The molecule has 2 fully saturated rings. The number of anilines is 1. The van der Waals surface area contributed by atoms with Crippen molar-refractivity contribution in [1.82, 2.24) is 15.5 Å². The summed E-state index contributed by atoms with van der Waals surface area (Å²) < 4.78 is 5.33. The van der Waals surface area contributed by atoms with Crippen molar-refractivity contribution in [3.05, 3.63) is 23.8 Å². The number of hydrogen-bond acceptors (Lipinski definition) is 5. The number of rotatable bonds is 4. The van der Waals surface area contributed by atoms with Crippen molar-refractivity contribution in [3.8, 4) is 5.75 Å². The Morgan fingerprint density at radius 1 is 1.31 bits per heavy atom. The van der Waals surface area contributed by atoms with Crippen LogP contribution in [0.3, 0.4) is 0 Å². The lowest BCUT2D eigenvalue weighted by Gasteiger charge is -2.35. The van der Waals surface area contributed by atoms with Crippen LogP contribution in [0.15, 0.2) is 18.2 Å². The van der Waals surface area contributed by atoms with Gasteiger partial charge in [0.1, 0.15) is 11.8 Å². The number of ether oxygens (including phenoxy) is 1. The maximum atomic E-state index is 12.8. The molecular weight excluding hydrogens is 336 g/mol. The summed E-state index contributed by atoms with van der Waals surface area (Å²) in [5.74, 6) is 0.217. The molecule has 8 heteroatoms. The molecule has 1 saturated carbocycles. The van der Waals surface area contributed by atoms with E-state index >= 15 is 0 Å². The molecule has 3 aliphatic rings. The van der Waals surface area contributed by atoms with Crippen LogP contribution in [0.2, 0.25) is 0 Å². The van der Waals surface area contributed by atoms with Gasteiger partial charge in [-0.05, 0) is 30.5 Å². The van der Waals surface area contributed by atoms with Crippen molar-refractivity contribution in [2.75, 3.05) is 31.6 Å². The molecule has 0 radical (unpaired) electrons. The van der Waals surface area contributed by atoms with Crippen LogP contribution >= 0.6 is 0 Å². The molecule has 3 amide bonds. The van der Waals surface area contributed by atoms with E-state index in [4.69, 9.17) is 4.74 Å². The van der Waals surface area contributed by atoms with Crippen LogP contribution in [-0.4, -0.2) is 60.9 Å². The largest absolute Gasteiger partial charge is 0.482 e. The van der Waals surface area contributed by atoms with E-state index in [1.54, 1.807) is 17.0 Å². The van der Waals surface area contributed by atoms with Crippen LogP contribution in [0, 0.1) is 0 Å². The monoisotopic (exact) mass is 358 g/mol. The molecule has 3 N–H and O–H groups in total. The molecule has 2 heterocycles. The average Bonchev–Trinajstić information content (AvgIpc) is 3.45. The Morgan fingerprint density at radius 3 is 2.96 bits per heavy atom. The Bertz CT molecular complexity index is 747. The molecule has 0 unspecified atom stereocenters. The van der Waals surface area contributed by atoms with Gasteiger partial charge in [0.25, 0.3) is 5.91 Å². The molecule has 4 rings (SSSR count). The van der Waals surface area contributed by atoms with Gasteiger partial charge in [-0.1, -0.05) is 6.07 Å². The number of nitrogens with one attached hydrogen (secondary N) is 3. The standard InChI is InChI=1S/C18H22N4O4/c23-16-10-26-15-4-1-11(7-13(15)21-16)8-17(24)22-6-5-19-9-14(22)18(25)20-12-2-3-12/h1,4,7,12,14,19H,2-3,5-6,8-10H2,(H,20,25)(H,21,23)/t14-/m0/s1. The minimum atomic E-state index is -0.475. The Kier molecular flexibility index (Phi) is 4.50. The predicted octanol–water partition coefficient (Wildman–Crippen LogP) is -0.361. The van der Waals surface area contributed by atoms with E-state index in [2.05, 4.69) is 16.0 Å². The Morgan fingerprint density at radius 2 is 2.15 bits per heavy atom. The Labute approximate surface area is 151 Å². The molecule has 2 aliphatic heterocycles. The van der Waals surface area contributed by atoms with Gasteiger partial charge in [-0.2, -0.15) is 0 Å². The average molecular weight is 358 g/mol. The molecule has 8 nitrogen and oxygen atoms in total. The topological polar surface area (TPSA) is 99.8 Å².